The number of hydrogen-bond donors (Lipinski definition) is 3. The number of amides is 2. The first kappa shape index (κ1) is 22.1. The number of nitrogens with one attached hydrogen (secondary N) is 2. The SMILES string of the molecule is N#C/C(=C\c1ccc(OCC(=O)Nc2ccc(F)cc2)cc1)C(=O)Nc1ccc(O)cc1. The maximum absolute atomic E-state index is 12.9. The zero-order valence-electron chi connectivity index (χ0n) is 16.7. The first-order valence-corrected chi connectivity index (χ1v) is 9.43. The fourth-order valence-electron chi connectivity index (χ4n) is 2.60. The summed E-state index contributed by atoms with van der Waals surface area (Å²) in [7, 11) is 0. The molecule has 0 spiro atoms. The van der Waals surface area contributed by atoms with Gasteiger partial charge >= 0.3 is 0 Å². The number of nitriles is 1. The summed E-state index contributed by atoms with van der Waals surface area (Å²) in [6.45, 7) is -0.245. The van der Waals surface area contributed by atoms with Crippen molar-refractivity contribution in [1.82, 2.24) is 0 Å². The molecule has 2 amide bonds. The Kier molecular flexibility index (Phi) is 7.17. The van der Waals surface area contributed by atoms with Crippen molar-refractivity contribution in [3.63, 3.8) is 0 Å². The molecule has 3 rings (SSSR count). The van der Waals surface area contributed by atoms with Crippen LogP contribution in [-0.2, 0) is 9.59 Å². The standard InChI is InChI=1S/C24H18FN3O4/c25-18-3-5-19(6-4-18)27-23(30)15-32-22-11-1-16(2-12-22)13-17(14-26)24(31)28-20-7-9-21(29)10-8-20/h1-13,29H,15H2,(H,27,30)(H,28,31)/b17-13+. The second-order valence-electron chi connectivity index (χ2n) is 6.58. The Balaban J connectivity index is 1.56. The van der Waals surface area contributed by atoms with Gasteiger partial charge in [-0.25, -0.2) is 4.39 Å². The maximum Gasteiger partial charge on any atom is 0.266 e. The summed E-state index contributed by atoms with van der Waals surface area (Å²) in [5.74, 6) is -0.905. The van der Waals surface area contributed by atoms with Gasteiger partial charge in [-0.1, -0.05) is 12.1 Å². The number of rotatable bonds is 7. The highest BCUT2D eigenvalue weighted by atomic mass is 19.1. The Morgan fingerprint density at radius 2 is 1.53 bits per heavy atom. The predicted molar refractivity (Wildman–Crippen MR) is 117 cm³/mol. The number of ether oxygens (including phenoxy) is 1. The lowest BCUT2D eigenvalue weighted by molar-refractivity contribution is -0.118. The molecule has 0 atom stereocenters. The van der Waals surface area contributed by atoms with Crippen LogP contribution in [0.5, 0.6) is 11.5 Å². The van der Waals surface area contributed by atoms with Crippen molar-refractivity contribution in [2.24, 2.45) is 0 Å². The molecule has 3 N–H and O–H groups in total. The molecule has 0 aliphatic rings. The summed E-state index contributed by atoms with van der Waals surface area (Å²) >= 11 is 0. The molecule has 0 radical (unpaired) electrons. The lowest BCUT2D eigenvalue weighted by Crippen LogP contribution is -2.20. The Bertz CT molecular complexity index is 1170. The number of benzene rings is 3. The van der Waals surface area contributed by atoms with Gasteiger partial charge in [-0.3, -0.25) is 9.59 Å². The second-order valence-corrected chi connectivity index (χ2v) is 6.58. The Morgan fingerprint density at radius 1 is 0.938 bits per heavy atom. The van der Waals surface area contributed by atoms with Crippen LogP contribution in [0, 0.1) is 17.1 Å². The van der Waals surface area contributed by atoms with Gasteiger partial charge in [0.05, 0.1) is 0 Å². The zero-order valence-corrected chi connectivity index (χ0v) is 16.7. The van der Waals surface area contributed by atoms with Crippen molar-refractivity contribution in [2.75, 3.05) is 17.2 Å². The van der Waals surface area contributed by atoms with Crippen LogP contribution in [0.25, 0.3) is 6.08 Å². The van der Waals surface area contributed by atoms with E-state index in [1.165, 1.54) is 54.6 Å². The van der Waals surface area contributed by atoms with E-state index in [1.54, 1.807) is 24.3 Å². The molecule has 3 aromatic carbocycles. The van der Waals surface area contributed by atoms with Crippen LogP contribution >= 0.6 is 0 Å². The molecule has 0 aliphatic carbocycles. The lowest BCUT2D eigenvalue weighted by atomic mass is 10.1. The zero-order chi connectivity index (χ0) is 22.9. The van der Waals surface area contributed by atoms with E-state index in [4.69, 9.17) is 4.74 Å². The molecule has 32 heavy (non-hydrogen) atoms. The molecule has 0 heterocycles. The van der Waals surface area contributed by atoms with E-state index in [9.17, 15) is 24.3 Å². The van der Waals surface area contributed by atoms with Gasteiger partial charge in [0.15, 0.2) is 6.61 Å². The highest BCUT2D eigenvalue weighted by Crippen LogP contribution is 2.17. The van der Waals surface area contributed by atoms with Gasteiger partial charge in [0, 0.05) is 11.4 Å². The molecule has 3 aromatic rings. The number of phenolic OH excluding ortho intramolecular Hbond substituents is 1. The third-order valence-electron chi connectivity index (χ3n) is 4.18. The van der Waals surface area contributed by atoms with Crippen LogP contribution < -0.4 is 15.4 Å². The molecule has 0 fully saturated rings. The van der Waals surface area contributed by atoms with Crippen LogP contribution in [0.2, 0.25) is 0 Å². The van der Waals surface area contributed by atoms with Gasteiger partial charge in [-0.05, 0) is 72.3 Å². The van der Waals surface area contributed by atoms with Gasteiger partial charge in [0.1, 0.15) is 29.0 Å². The minimum atomic E-state index is -0.587. The van der Waals surface area contributed by atoms with Gasteiger partial charge in [0.25, 0.3) is 11.8 Å². The topological polar surface area (TPSA) is 111 Å². The highest BCUT2D eigenvalue weighted by Gasteiger charge is 2.10. The third kappa shape index (κ3) is 6.43. The molecule has 0 aliphatic heterocycles. The van der Waals surface area contributed by atoms with Crippen LogP contribution in [-0.4, -0.2) is 23.5 Å². The van der Waals surface area contributed by atoms with Gasteiger partial charge in [0.2, 0.25) is 0 Å². The van der Waals surface area contributed by atoms with E-state index in [0.29, 0.717) is 22.7 Å². The molecular weight excluding hydrogens is 413 g/mol. The van der Waals surface area contributed by atoms with Gasteiger partial charge < -0.3 is 20.5 Å². The Labute approximate surface area is 183 Å². The van der Waals surface area contributed by atoms with Gasteiger partial charge in [-0.15, -0.1) is 0 Å². The molecule has 7 nitrogen and oxygen atoms in total. The summed E-state index contributed by atoms with van der Waals surface area (Å²) in [4.78, 5) is 24.2. The molecule has 0 unspecified atom stereocenters. The van der Waals surface area contributed by atoms with Crippen molar-refractivity contribution in [2.45, 2.75) is 0 Å². The minimum absolute atomic E-state index is 0.0642. The Morgan fingerprint density at radius 3 is 2.16 bits per heavy atom. The van der Waals surface area contributed by atoms with Crippen LogP contribution in [0.1, 0.15) is 5.56 Å². The molecule has 0 aromatic heterocycles. The molecular formula is C24H18FN3O4. The smallest absolute Gasteiger partial charge is 0.266 e. The first-order chi connectivity index (χ1) is 15.4. The normalized spacial score (nSPS) is 10.7. The quantitative estimate of drug-likeness (QED) is 0.296. The lowest BCUT2D eigenvalue weighted by Gasteiger charge is -2.08. The number of aromatic hydroxyl groups is 1. The molecule has 8 heteroatoms. The fraction of sp³-hybridized carbons (Fsp3) is 0.0417. The van der Waals surface area contributed by atoms with Crippen LogP contribution in [0.3, 0.4) is 0 Å². The largest absolute Gasteiger partial charge is 0.508 e. The summed E-state index contributed by atoms with van der Waals surface area (Å²) in [6, 6.07) is 19.6. The van der Waals surface area contributed by atoms with Crippen molar-refractivity contribution >= 4 is 29.3 Å². The number of hydrogen-bond acceptors (Lipinski definition) is 5. The summed E-state index contributed by atoms with van der Waals surface area (Å²) in [6.07, 6.45) is 1.42. The van der Waals surface area contributed by atoms with E-state index in [2.05, 4.69) is 10.6 Å². The van der Waals surface area contributed by atoms with Crippen molar-refractivity contribution in [1.29, 1.82) is 5.26 Å². The minimum Gasteiger partial charge on any atom is -0.508 e. The van der Waals surface area contributed by atoms with E-state index < -0.39 is 17.6 Å². The van der Waals surface area contributed by atoms with Crippen molar-refractivity contribution in [3.05, 3.63) is 89.8 Å². The molecule has 160 valence electrons. The third-order valence-corrected chi connectivity index (χ3v) is 4.18. The molecule has 0 saturated carbocycles. The van der Waals surface area contributed by atoms with E-state index in [1.807, 2.05) is 6.07 Å². The molecule has 0 bridgehead atoms. The van der Waals surface area contributed by atoms with Crippen molar-refractivity contribution in [3.8, 4) is 17.6 Å². The summed E-state index contributed by atoms with van der Waals surface area (Å²) < 4.78 is 18.3. The number of phenols is 1. The fourth-order valence-corrected chi connectivity index (χ4v) is 2.60. The maximum atomic E-state index is 12.9. The number of carbonyl (C=O) groups excluding carboxylic acids is 2. The van der Waals surface area contributed by atoms with E-state index in [-0.39, 0.29) is 17.9 Å². The van der Waals surface area contributed by atoms with Crippen LogP contribution in [0.4, 0.5) is 15.8 Å². The van der Waals surface area contributed by atoms with Crippen molar-refractivity contribution < 1.29 is 23.8 Å². The monoisotopic (exact) mass is 431 g/mol. The van der Waals surface area contributed by atoms with E-state index >= 15 is 0 Å². The summed E-state index contributed by atoms with van der Waals surface area (Å²) in [5, 5.41) is 23.8. The predicted octanol–water partition coefficient (Wildman–Crippen LogP) is 4.09. The average Bonchev–Trinajstić information content (AvgIpc) is 2.80. The number of carbonyl (C=O) groups is 2. The van der Waals surface area contributed by atoms with Gasteiger partial charge in [-0.2, -0.15) is 5.26 Å². The summed E-state index contributed by atoms with van der Waals surface area (Å²) in [5.41, 5.74) is 1.38. The van der Waals surface area contributed by atoms with E-state index in [0.717, 1.165) is 0 Å². The number of nitrogens with zero attached hydrogens (tertiary/aromatic N) is 1. The molecule has 0 saturated heterocycles. The highest BCUT2D eigenvalue weighted by molar-refractivity contribution is 6.09. The number of halogens is 1. The Hall–Kier alpha value is -4.64. The first-order valence-electron chi connectivity index (χ1n) is 9.43. The van der Waals surface area contributed by atoms with Crippen LogP contribution in [0.15, 0.2) is 78.4 Å². The number of anilines is 2. The second kappa shape index (κ2) is 10.4. The average molecular weight is 431 g/mol.